The van der Waals surface area contributed by atoms with Gasteiger partial charge < -0.3 is 15.8 Å². The molecule has 31 heavy (non-hydrogen) atoms. The summed E-state index contributed by atoms with van der Waals surface area (Å²) in [4.78, 5) is 29.0. The molecule has 0 aliphatic heterocycles. The van der Waals surface area contributed by atoms with Gasteiger partial charge in [-0.2, -0.15) is 0 Å². The second kappa shape index (κ2) is 8.49. The summed E-state index contributed by atoms with van der Waals surface area (Å²) >= 11 is 1.34. The minimum Gasteiger partial charge on any atom is -0.489 e. The van der Waals surface area contributed by atoms with Crippen molar-refractivity contribution in [3.05, 3.63) is 86.4 Å². The standard InChI is InChI=1S/C22H21N5O3S/c1-26-19(23)18(20(28)27(2)22(26)29)17-13-31-21(25-17)24-15-8-10-16(11-9-15)30-12-14-6-4-3-5-7-14/h3-11,13H,12,23H2,1-2H3,(H,24,25). The first kappa shape index (κ1) is 20.4. The zero-order valence-electron chi connectivity index (χ0n) is 17.0. The van der Waals surface area contributed by atoms with Gasteiger partial charge in [-0.15, -0.1) is 11.3 Å². The van der Waals surface area contributed by atoms with Crippen molar-refractivity contribution in [2.24, 2.45) is 14.1 Å². The summed E-state index contributed by atoms with van der Waals surface area (Å²) in [6, 6.07) is 17.5. The summed E-state index contributed by atoms with van der Waals surface area (Å²) in [5, 5.41) is 5.54. The van der Waals surface area contributed by atoms with Crippen molar-refractivity contribution in [2.75, 3.05) is 11.1 Å². The first-order valence-electron chi connectivity index (χ1n) is 9.49. The van der Waals surface area contributed by atoms with Crippen LogP contribution in [-0.4, -0.2) is 14.1 Å². The number of benzene rings is 2. The fraction of sp³-hybridized carbons (Fsp3) is 0.136. The van der Waals surface area contributed by atoms with Crippen molar-refractivity contribution in [3.63, 3.8) is 0 Å². The predicted molar refractivity (Wildman–Crippen MR) is 123 cm³/mol. The number of nitrogens with zero attached hydrogens (tertiary/aromatic N) is 3. The molecule has 0 amide bonds. The number of hydrogen-bond donors (Lipinski definition) is 2. The monoisotopic (exact) mass is 435 g/mol. The Labute approximate surface area is 182 Å². The van der Waals surface area contributed by atoms with Crippen LogP contribution in [-0.2, 0) is 20.7 Å². The van der Waals surface area contributed by atoms with Crippen LogP contribution >= 0.6 is 11.3 Å². The molecular formula is C22H21N5O3S. The second-order valence-corrected chi connectivity index (χ2v) is 7.79. The van der Waals surface area contributed by atoms with Gasteiger partial charge in [-0.05, 0) is 29.8 Å². The molecule has 4 rings (SSSR count). The normalized spacial score (nSPS) is 10.8. The highest BCUT2D eigenvalue weighted by atomic mass is 32.1. The smallest absolute Gasteiger partial charge is 0.332 e. The largest absolute Gasteiger partial charge is 0.489 e. The Bertz CT molecular complexity index is 1320. The van der Waals surface area contributed by atoms with Gasteiger partial charge in [0.2, 0.25) is 0 Å². The number of nitrogens with two attached hydrogens (primary N) is 1. The Morgan fingerprint density at radius 2 is 1.74 bits per heavy atom. The molecule has 0 spiro atoms. The van der Waals surface area contributed by atoms with Crippen LogP contribution in [0.5, 0.6) is 5.75 Å². The minimum atomic E-state index is -0.477. The first-order chi connectivity index (χ1) is 14.9. The Morgan fingerprint density at radius 1 is 1.03 bits per heavy atom. The summed E-state index contributed by atoms with van der Waals surface area (Å²) in [6.45, 7) is 0.499. The molecule has 3 N–H and O–H groups in total. The molecule has 0 radical (unpaired) electrons. The number of ether oxygens (including phenoxy) is 1. The molecule has 2 aromatic heterocycles. The third-order valence-electron chi connectivity index (χ3n) is 4.82. The Morgan fingerprint density at radius 3 is 2.45 bits per heavy atom. The van der Waals surface area contributed by atoms with Crippen molar-refractivity contribution in [3.8, 4) is 17.0 Å². The van der Waals surface area contributed by atoms with E-state index in [-0.39, 0.29) is 11.4 Å². The van der Waals surface area contributed by atoms with Crippen molar-refractivity contribution < 1.29 is 4.74 Å². The molecular weight excluding hydrogens is 414 g/mol. The van der Waals surface area contributed by atoms with Crippen molar-refractivity contribution in [1.29, 1.82) is 0 Å². The molecule has 2 aromatic carbocycles. The van der Waals surface area contributed by atoms with Crippen LogP contribution in [0.2, 0.25) is 0 Å². The molecule has 0 fully saturated rings. The Balaban J connectivity index is 1.49. The lowest BCUT2D eigenvalue weighted by Crippen LogP contribution is -2.39. The molecule has 0 bridgehead atoms. The summed E-state index contributed by atoms with van der Waals surface area (Å²) in [6.07, 6.45) is 0. The summed E-state index contributed by atoms with van der Waals surface area (Å²) in [5.41, 5.74) is 7.62. The summed E-state index contributed by atoms with van der Waals surface area (Å²) < 4.78 is 8.05. The van der Waals surface area contributed by atoms with E-state index in [1.807, 2.05) is 54.6 Å². The molecule has 0 aliphatic carbocycles. The predicted octanol–water partition coefficient (Wildman–Crippen LogP) is 3.11. The fourth-order valence-electron chi connectivity index (χ4n) is 3.05. The molecule has 0 atom stereocenters. The third kappa shape index (κ3) is 4.22. The maximum atomic E-state index is 12.5. The van der Waals surface area contributed by atoms with E-state index in [1.165, 1.54) is 30.0 Å². The van der Waals surface area contributed by atoms with Gasteiger partial charge in [-0.25, -0.2) is 9.78 Å². The van der Waals surface area contributed by atoms with Crippen LogP contribution in [0.1, 0.15) is 5.56 Å². The second-order valence-electron chi connectivity index (χ2n) is 6.93. The summed E-state index contributed by atoms with van der Waals surface area (Å²) in [7, 11) is 2.94. The average Bonchev–Trinajstić information content (AvgIpc) is 3.24. The van der Waals surface area contributed by atoms with E-state index in [4.69, 9.17) is 10.5 Å². The molecule has 0 saturated heterocycles. The Hall–Kier alpha value is -3.85. The Kier molecular flexibility index (Phi) is 5.59. The summed E-state index contributed by atoms with van der Waals surface area (Å²) in [5.74, 6) is 0.848. The molecule has 158 valence electrons. The van der Waals surface area contributed by atoms with Gasteiger partial charge in [0.1, 0.15) is 23.7 Å². The quantitative estimate of drug-likeness (QED) is 0.482. The zero-order chi connectivity index (χ0) is 22.0. The highest BCUT2D eigenvalue weighted by Gasteiger charge is 2.17. The van der Waals surface area contributed by atoms with Gasteiger partial charge in [0.25, 0.3) is 5.56 Å². The maximum Gasteiger partial charge on any atom is 0.332 e. The van der Waals surface area contributed by atoms with E-state index in [0.717, 1.165) is 21.6 Å². The van der Waals surface area contributed by atoms with E-state index < -0.39 is 11.2 Å². The molecule has 4 aromatic rings. The number of rotatable bonds is 6. The average molecular weight is 436 g/mol. The highest BCUT2D eigenvalue weighted by Crippen LogP contribution is 2.28. The van der Waals surface area contributed by atoms with Crippen molar-refractivity contribution >= 4 is 28.0 Å². The van der Waals surface area contributed by atoms with Crippen molar-refractivity contribution in [1.82, 2.24) is 14.1 Å². The van der Waals surface area contributed by atoms with Crippen LogP contribution in [0.4, 0.5) is 16.6 Å². The molecule has 0 saturated carbocycles. The molecule has 8 nitrogen and oxygen atoms in total. The lowest BCUT2D eigenvalue weighted by atomic mass is 10.2. The third-order valence-corrected chi connectivity index (χ3v) is 5.58. The van der Waals surface area contributed by atoms with Crippen LogP contribution < -0.4 is 27.0 Å². The number of nitrogen functional groups attached to an aromatic ring is 1. The van der Waals surface area contributed by atoms with E-state index in [9.17, 15) is 9.59 Å². The highest BCUT2D eigenvalue weighted by molar-refractivity contribution is 7.14. The van der Waals surface area contributed by atoms with Gasteiger partial charge in [0, 0.05) is 25.2 Å². The van der Waals surface area contributed by atoms with Gasteiger partial charge in [0.05, 0.1) is 5.69 Å². The zero-order valence-corrected chi connectivity index (χ0v) is 17.8. The van der Waals surface area contributed by atoms with Gasteiger partial charge in [0.15, 0.2) is 5.13 Å². The van der Waals surface area contributed by atoms with E-state index in [2.05, 4.69) is 10.3 Å². The molecule has 2 heterocycles. The SMILES string of the molecule is Cn1c(N)c(-c2csc(Nc3ccc(OCc4ccccc4)cc3)n2)c(=O)n(C)c1=O. The fourth-order valence-corrected chi connectivity index (χ4v) is 3.77. The maximum absolute atomic E-state index is 12.5. The number of hydrogen-bond acceptors (Lipinski definition) is 7. The van der Waals surface area contributed by atoms with E-state index in [1.54, 1.807) is 5.38 Å². The van der Waals surface area contributed by atoms with E-state index in [0.29, 0.717) is 17.4 Å². The van der Waals surface area contributed by atoms with Gasteiger partial charge in [-0.1, -0.05) is 30.3 Å². The molecule has 9 heteroatoms. The first-order valence-corrected chi connectivity index (χ1v) is 10.4. The number of nitrogens with one attached hydrogen (secondary N) is 1. The van der Waals surface area contributed by atoms with Gasteiger partial charge >= 0.3 is 5.69 Å². The number of aromatic nitrogens is 3. The van der Waals surface area contributed by atoms with Crippen LogP contribution in [0, 0.1) is 0 Å². The number of thiazole rings is 1. The minimum absolute atomic E-state index is 0.0878. The van der Waals surface area contributed by atoms with Crippen LogP contribution in [0.25, 0.3) is 11.3 Å². The van der Waals surface area contributed by atoms with Crippen molar-refractivity contribution in [2.45, 2.75) is 6.61 Å². The topological polar surface area (TPSA) is 104 Å². The lowest BCUT2D eigenvalue weighted by Gasteiger charge is -2.09. The van der Waals surface area contributed by atoms with Crippen LogP contribution in [0.15, 0.2) is 69.6 Å². The number of anilines is 3. The van der Waals surface area contributed by atoms with Gasteiger partial charge in [-0.3, -0.25) is 13.9 Å². The lowest BCUT2D eigenvalue weighted by molar-refractivity contribution is 0.306. The van der Waals surface area contributed by atoms with E-state index >= 15 is 0 Å². The van der Waals surface area contributed by atoms with Crippen LogP contribution in [0.3, 0.4) is 0 Å². The molecule has 0 unspecified atom stereocenters. The molecule has 0 aliphatic rings.